The van der Waals surface area contributed by atoms with Crippen LogP contribution in [-0.2, 0) is 20.4 Å². The number of halogens is 1. The van der Waals surface area contributed by atoms with Crippen LogP contribution in [-0.4, -0.2) is 40.9 Å². The molecule has 0 bridgehead atoms. The Balaban J connectivity index is 2.30. The molecule has 0 aliphatic rings. The number of benzene rings is 2. The highest BCUT2D eigenvalue weighted by Crippen LogP contribution is 2.28. The second-order valence-electron chi connectivity index (χ2n) is 5.45. The van der Waals surface area contributed by atoms with Crippen LogP contribution in [0.25, 0.3) is 0 Å². The topological polar surface area (TPSA) is 84.9 Å². The number of hydrogen-bond acceptors (Lipinski definition) is 5. The number of aliphatic hydroxyl groups is 1. The molecule has 0 aromatic heterocycles. The molecule has 1 atom stereocenters. The molecule has 0 fully saturated rings. The Hall–Kier alpha value is -1.64. The molecular weight excluding hydrogens is 366 g/mol. The van der Waals surface area contributed by atoms with E-state index in [0.717, 1.165) is 0 Å². The summed E-state index contributed by atoms with van der Waals surface area (Å²) in [6.45, 7) is -0.352. The van der Waals surface area contributed by atoms with E-state index in [1.54, 1.807) is 30.3 Å². The first-order valence-electron chi connectivity index (χ1n) is 7.42. The van der Waals surface area contributed by atoms with Gasteiger partial charge in [0.15, 0.2) is 0 Å². The van der Waals surface area contributed by atoms with E-state index in [1.165, 1.54) is 32.4 Å². The predicted octanol–water partition coefficient (Wildman–Crippen LogP) is 2.16. The molecule has 0 saturated carbocycles. The molecule has 25 heavy (non-hydrogen) atoms. The van der Waals surface area contributed by atoms with Crippen molar-refractivity contribution >= 4 is 21.6 Å². The van der Waals surface area contributed by atoms with Gasteiger partial charge in [0.2, 0.25) is 10.0 Å². The number of methoxy groups -OCH3 is 2. The van der Waals surface area contributed by atoms with Gasteiger partial charge in [0.25, 0.3) is 0 Å². The Morgan fingerprint density at radius 3 is 2.44 bits per heavy atom. The molecule has 0 amide bonds. The van der Waals surface area contributed by atoms with Crippen molar-refractivity contribution in [1.29, 1.82) is 0 Å². The lowest BCUT2D eigenvalue weighted by molar-refractivity contribution is -0.0310. The second-order valence-corrected chi connectivity index (χ2v) is 7.62. The first-order valence-corrected chi connectivity index (χ1v) is 9.28. The second kappa shape index (κ2) is 8.16. The Morgan fingerprint density at radius 2 is 1.84 bits per heavy atom. The molecule has 0 radical (unpaired) electrons. The minimum atomic E-state index is -3.96. The highest BCUT2D eigenvalue weighted by molar-refractivity contribution is 7.89. The van der Waals surface area contributed by atoms with E-state index < -0.39 is 15.6 Å². The summed E-state index contributed by atoms with van der Waals surface area (Å²) >= 11 is 5.90. The number of hydrogen-bond donors (Lipinski definition) is 2. The summed E-state index contributed by atoms with van der Waals surface area (Å²) in [7, 11) is -1.16. The fourth-order valence-electron chi connectivity index (χ4n) is 2.38. The van der Waals surface area contributed by atoms with Crippen LogP contribution in [0, 0.1) is 0 Å². The van der Waals surface area contributed by atoms with E-state index in [2.05, 4.69) is 4.72 Å². The molecule has 2 aromatic rings. The van der Waals surface area contributed by atoms with Crippen LogP contribution in [0.4, 0.5) is 0 Å². The van der Waals surface area contributed by atoms with Crippen molar-refractivity contribution in [2.24, 2.45) is 0 Å². The first-order chi connectivity index (χ1) is 11.8. The number of sulfonamides is 1. The van der Waals surface area contributed by atoms with E-state index in [1.807, 2.05) is 0 Å². The SMILES string of the molecule is COCC(O)(CNS(=O)(=O)c1cc(Cl)ccc1OC)c1ccccc1. The minimum absolute atomic E-state index is 0.0772. The average Bonchev–Trinajstić information content (AvgIpc) is 2.61. The largest absolute Gasteiger partial charge is 0.495 e. The lowest BCUT2D eigenvalue weighted by Crippen LogP contribution is -2.44. The van der Waals surface area contributed by atoms with E-state index in [9.17, 15) is 13.5 Å². The summed E-state index contributed by atoms with van der Waals surface area (Å²) in [6, 6.07) is 13.0. The normalized spacial score (nSPS) is 14.1. The van der Waals surface area contributed by atoms with Crippen LogP contribution < -0.4 is 9.46 Å². The third-order valence-corrected chi connectivity index (χ3v) is 5.32. The molecule has 2 rings (SSSR count). The molecule has 136 valence electrons. The van der Waals surface area contributed by atoms with Gasteiger partial charge in [-0.2, -0.15) is 0 Å². The zero-order valence-corrected chi connectivity index (χ0v) is 15.5. The maximum Gasteiger partial charge on any atom is 0.244 e. The van der Waals surface area contributed by atoms with Crippen molar-refractivity contribution in [2.45, 2.75) is 10.5 Å². The van der Waals surface area contributed by atoms with Gasteiger partial charge in [-0.05, 0) is 23.8 Å². The van der Waals surface area contributed by atoms with Crippen molar-refractivity contribution in [3.8, 4) is 5.75 Å². The highest BCUT2D eigenvalue weighted by Gasteiger charge is 2.32. The van der Waals surface area contributed by atoms with Crippen LogP contribution in [0.2, 0.25) is 5.02 Å². The fourth-order valence-corrected chi connectivity index (χ4v) is 3.90. The molecule has 0 saturated heterocycles. The molecule has 1 unspecified atom stereocenters. The van der Waals surface area contributed by atoms with Gasteiger partial charge in [-0.1, -0.05) is 41.9 Å². The lowest BCUT2D eigenvalue weighted by Gasteiger charge is -2.28. The Kier molecular flexibility index (Phi) is 6.42. The smallest absolute Gasteiger partial charge is 0.244 e. The lowest BCUT2D eigenvalue weighted by atomic mass is 9.95. The van der Waals surface area contributed by atoms with E-state index >= 15 is 0 Å². The average molecular weight is 386 g/mol. The van der Waals surface area contributed by atoms with Gasteiger partial charge in [0.1, 0.15) is 16.2 Å². The zero-order chi connectivity index (χ0) is 18.5. The quantitative estimate of drug-likeness (QED) is 0.727. The summed E-state index contributed by atoms with van der Waals surface area (Å²) in [4.78, 5) is -0.102. The number of ether oxygens (including phenoxy) is 2. The van der Waals surface area contributed by atoms with Crippen LogP contribution >= 0.6 is 11.6 Å². The molecule has 0 aliphatic carbocycles. The van der Waals surface area contributed by atoms with Crippen LogP contribution in [0.15, 0.2) is 53.4 Å². The van der Waals surface area contributed by atoms with Crippen molar-refractivity contribution in [3.63, 3.8) is 0 Å². The molecule has 0 spiro atoms. The van der Waals surface area contributed by atoms with Crippen LogP contribution in [0.1, 0.15) is 5.56 Å². The highest BCUT2D eigenvalue weighted by atomic mass is 35.5. The molecule has 6 nitrogen and oxygen atoms in total. The standard InChI is InChI=1S/C17H20ClNO5S/c1-23-12-17(20,13-6-4-3-5-7-13)11-19-25(21,22)16-10-14(18)8-9-15(16)24-2/h3-10,19-20H,11-12H2,1-2H3. The monoisotopic (exact) mass is 385 g/mol. The van der Waals surface area contributed by atoms with Gasteiger partial charge in [-0.25, -0.2) is 13.1 Å². The van der Waals surface area contributed by atoms with Gasteiger partial charge >= 0.3 is 0 Å². The number of rotatable bonds is 8. The summed E-state index contributed by atoms with van der Waals surface area (Å²) in [6.07, 6.45) is 0. The molecule has 0 aliphatic heterocycles. The van der Waals surface area contributed by atoms with Crippen molar-refractivity contribution in [3.05, 3.63) is 59.1 Å². The summed E-state index contributed by atoms with van der Waals surface area (Å²) in [5.41, 5.74) is -0.980. The van der Waals surface area contributed by atoms with E-state index in [0.29, 0.717) is 5.56 Å². The van der Waals surface area contributed by atoms with Gasteiger partial charge in [-0.3, -0.25) is 0 Å². The maximum absolute atomic E-state index is 12.6. The van der Waals surface area contributed by atoms with Gasteiger partial charge in [0.05, 0.1) is 13.7 Å². The summed E-state index contributed by atoms with van der Waals surface area (Å²) in [5, 5.41) is 11.1. The van der Waals surface area contributed by atoms with Crippen LogP contribution in [0.5, 0.6) is 5.75 Å². The molecular formula is C17H20ClNO5S. The third-order valence-electron chi connectivity index (χ3n) is 3.66. The molecule has 8 heteroatoms. The van der Waals surface area contributed by atoms with E-state index in [4.69, 9.17) is 21.1 Å². The van der Waals surface area contributed by atoms with E-state index in [-0.39, 0.29) is 28.8 Å². The summed E-state index contributed by atoms with van der Waals surface area (Å²) in [5.74, 6) is 0.159. The Morgan fingerprint density at radius 1 is 1.16 bits per heavy atom. The molecule has 2 N–H and O–H groups in total. The Bertz CT molecular complexity index is 813. The van der Waals surface area contributed by atoms with Crippen LogP contribution in [0.3, 0.4) is 0 Å². The molecule has 2 aromatic carbocycles. The van der Waals surface area contributed by atoms with Crippen molar-refractivity contribution in [2.75, 3.05) is 27.4 Å². The Labute approximate surface area is 152 Å². The zero-order valence-electron chi connectivity index (χ0n) is 13.9. The van der Waals surface area contributed by atoms with Crippen molar-refractivity contribution < 1.29 is 23.0 Å². The van der Waals surface area contributed by atoms with Gasteiger partial charge in [0, 0.05) is 18.7 Å². The minimum Gasteiger partial charge on any atom is -0.495 e. The van der Waals surface area contributed by atoms with Gasteiger partial charge < -0.3 is 14.6 Å². The van der Waals surface area contributed by atoms with Gasteiger partial charge in [-0.15, -0.1) is 0 Å². The first kappa shape index (κ1) is 19.7. The third kappa shape index (κ3) is 4.71. The number of nitrogens with one attached hydrogen (secondary N) is 1. The maximum atomic E-state index is 12.6. The molecule has 0 heterocycles. The predicted molar refractivity (Wildman–Crippen MR) is 95.4 cm³/mol. The summed E-state index contributed by atoms with van der Waals surface area (Å²) < 4.78 is 37.8. The van der Waals surface area contributed by atoms with Crippen molar-refractivity contribution in [1.82, 2.24) is 4.72 Å². The fraction of sp³-hybridized carbons (Fsp3) is 0.294.